The molecule has 0 aliphatic carbocycles. The van der Waals surface area contributed by atoms with Gasteiger partial charge in [-0.25, -0.2) is 9.98 Å². The van der Waals surface area contributed by atoms with Crippen LogP contribution in [0.1, 0.15) is 21.6 Å². The lowest BCUT2D eigenvalue weighted by atomic mass is 9.81. The number of aromatic nitrogens is 1. The summed E-state index contributed by atoms with van der Waals surface area (Å²) >= 11 is 5.85. The fourth-order valence-corrected chi connectivity index (χ4v) is 3.86. The van der Waals surface area contributed by atoms with Crippen molar-refractivity contribution in [2.24, 2.45) is 10.7 Å². The van der Waals surface area contributed by atoms with E-state index in [1.165, 1.54) is 6.20 Å². The molecule has 3 heterocycles. The summed E-state index contributed by atoms with van der Waals surface area (Å²) in [7, 11) is 1.59. The van der Waals surface area contributed by atoms with E-state index in [0.717, 1.165) is 11.1 Å². The minimum Gasteiger partial charge on any atom is -0.497 e. The van der Waals surface area contributed by atoms with Crippen LogP contribution >= 0.6 is 11.6 Å². The maximum atomic E-state index is 12.6. The second-order valence-electron chi connectivity index (χ2n) is 7.09. The Hall–Kier alpha value is -3.78. The highest BCUT2D eigenvalue weighted by Gasteiger charge is 2.47. The quantitative estimate of drug-likeness (QED) is 0.648. The van der Waals surface area contributed by atoms with Crippen LogP contribution in [-0.2, 0) is 10.3 Å². The number of benzene rings is 2. The van der Waals surface area contributed by atoms with Crippen molar-refractivity contribution in [1.29, 1.82) is 0 Å². The first-order valence-electron chi connectivity index (χ1n) is 9.40. The van der Waals surface area contributed by atoms with Crippen LogP contribution in [0.25, 0.3) is 0 Å². The van der Waals surface area contributed by atoms with Gasteiger partial charge in [-0.3, -0.25) is 4.79 Å². The highest BCUT2D eigenvalue weighted by Crippen LogP contribution is 2.52. The van der Waals surface area contributed by atoms with Crippen molar-refractivity contribution in [3.63, 3.8) is 0 Å². The first-order chi connectivity index (χ1) is 15.0. The Bertz CT molecular complexity index is 1230. The summed E-state index contributed by atoms with van der Waals surface area (Å²) in [5.41, 5.74) is 7.26. The number of nitrogens with one attached hydrogen (secondary N) is 1. The van der Waals surface area contributed by atoms with Crippen LogP contribution in [0, 0.1) is 0 Å². The minimum absolute atomic E-state index is 0.0847. The maximum Gasteiger partial charge on any atom is 0.283 e. The molecule has 156 valence electrons. The number of methoxy groups -OCH3 is 1. The van der Waals surface area contributed by atoms with Gasteiger partial charge in [-0.05, 0) is 48.5 Å². The van der Waals surface area contributed by atoms with E-state index in [1.807, 2.05) is 18.2 Å². The van der Waals surface area contributed by atoms with Gasteiger partial charge in [0.1, 0.15) is 29.5 Å². The molecule has 2 aromatic carbocycles. The number of amides is 1. The fourth-order valence-electron chi connectivity index (χ4n) is 3.74. The summed E-state index contributed by atoms with van der Waals surface area (Å²) in [5, 5.41) is 3.30. The number of carbonyl (C=O) groups is 1. The molecule has 8 nitrogen and oxygen atoms in total. The average Bonchev–Trinajstić information content (AvgIpc) is 3.17. The second kappa shape index (κ2) is 7.17. The van der Waals surface area contributed by atoms with Crippen LogP contribution < -0.4 is 20.5 Å². The van der Waals surface area contributed by atoms with Crippen LogP contribution in [0.4, 0.5) is 5.69 Å². The molecule has 5 rings (SSSR count). The van der Waals surface area contributed by atoms with Crippen molar-refractivity contribution >= 4 is 29.2 Å². The van der Waals surface area contributed by atoms with Crippen molar-refractivity contribution in [3.05, 3.63) is 76.6 Å². The minimum atomic E-state index is -0.916. The lowest BCUT2D eigenvalue weighted by Crippen LogP contribution is -2.31. The summed E-state index contributed by atoms with van der Waals surface area (Å²) in [6.45, 7) is 0.200. The molecular formula is C22H17ClN4O4. The number of aliphatic imine (C=N–C) groups is 1. The predicted octanol–water partition coefficient (Wildman–Crippen LogP) is 3.69. The van der Waals surface area contributed by atoms with Gasteiger partial charge in [-0.1, -0.05) is 11.6 Å². The summed E-state index contributed by atoms with van der Waals surface area (Å²) < 4.78 is 17.0. The molecule has 1 amide bonds. The van der Waals surface area contributed by atoms with E-state index in [-0.39, 0.29) is 24.2 Å². The number of rotatable bonds is 3. The van der Waals surface area contributed by atoms with Gasteiger partial charge in [0.15, 0.2) is 5.54 Å². The van der Waals surface area contributed by atoms with Crippen molar-refractivity contribution in [2.45, 2.75) is 5.54 Å². The van der Waals surface area contributed by atoms with Crippen molar-refractivity contribution in [2.75, 3.05) is 19.0 Å². The number of carbonyl (C=O) groups excluding carboxylic acids is 1. The van der Waals surface area contributed by atoms with Crippen LogP contribution in [0.15, 0.2) is 59.7 Å². The molecule has 3 N–H and O–H groups in total. The molecule has 0 fully saturated rings. The molecule has 2 aliphatic rings. The van der Waals surface area contributed by atoms with E-state index in [4.69, 9.17) is 31.5 Å². The smallest absolute Gasteiger partial charge is 0.283 e. The van der Waals surface area contributed by atoms with Gasteiger partial charge in [0, 0.05) is 23.0 Å². The summed E-state index contributed by atoms with van der Waals surface area (Å²) in [6, 6.07) is 14.1. The van der Waals surface area contributed by atoms with Crippen LogP contribution in [-0.4, -0.2) is 30.6 Å². The van der Waals surface area contributed by atoms with Crippen LogP contribution in [0.5, 0.6) is 17.2 Å². The lowest BCUT2D eigenvalue weighted by molar-refractivity contribution is 0.102. The highest BCUT2D eigenvalue weighted by atomic mass is 35.5. The molecule has 1 atom stereocenters. The number of anilines is 1. The van der Waals surface area contributed by atoms with Gasteiger partial charge < -0.3 is 25.3 Å². The predicted molar refractivity (Wildman–Crippen MR) is 115 cm³/mol. The normalized spacial score (nSPS) is 18.3. The Morgan fingerprint density at radius 2 is 1.94 bits per heavy atom. The number of hydrogen-bond donors (Lipinski definition) is 2. The van der Waals surface area contributed by atoms with E-state index in [2.05, 4.69) is 15.3 Å². The highest BCUT2D eigenvalue weighted by molar-refractivity contribution is 6.30. The van der Waals surface area contributed by atoms with E-state index in [0.29, 0.717) is 28.0 Å². The number of pyridine rings is 1. The van der Waals surface area contributed by atoms with Crippen molar-refractivity contribution in [3.8, 4) is 17.2 Å². The Kier molecular flexibility index (Phi) is 4.44. The first kappa shape index (κ1) is 19.2. The summed E-state index contributed by atoms with van der Waals surface area (Å²) in [4.78, 5) is 21.3. The molecule has 0 radical (unpaired) electrons. The fraction of sp³-hybridized carbons (Fsp3) is 0.136. The number of ether oxygens (including phenoxy) is 3. The molecule has 2 aliphatic heterocycles. The molecule has 0 unspecified atom stereocenters. The molecular weight excluding hydrogens is 420 g/mol. The Morgan fingerprint density at radius 3 is 2.61 bits per heavy atom. The largest absolute Gasteiger partial charge is 0.497 e. The molecule has 0 saturated carbocycles. The number of amidine groups is 1. The summed E-state index contributed by atoms with van der Waals surface area (Å²) in [5.74, 6) is 1.53. The van der Waals surface area contributed by atoms with Crippen molar-refractivity contribution < 1.29 is 19.0 Å². The van der Waals surface area contributed by atoms with Gasteiger partial charge in [-0.2, -0.15) is 0 Å². The number of fused-ring (bicyclic) bond motifs is 4. The maximum absolute atomic E-state index is 12.6. The Labute approximate surface area is 182 Å². The molecule has 9 heteroatoms. The SMILES string of the molecule is COc1ccc2c(c1)[C@@]1(COC(N)=N1)c1cc(NC(=O)c3ccc(Cl)cn3)ccc1O2. The standard InChI is InChI=1S/C22H17ClN4O4/c1-29-14-4-7-19-16(9-14)22(11-30-21(24)27-22)15-8-13(3-6-18(15)31-19)26-20(28)17-5-2-12(23)10-25-17/h2-10H,11H2,1H3,(H2,24,27)(H,26,28)/t22-/m1/s1. The Morgan fingerprint density at radius 1 is 1.16 bits per heavy atom. The first-order valence-corrected chi connectivity index (χ1v) is 9.78. The molecule has 3 aromatic rings. The lowest BCUT2D eigenvalue weighted by Gasteiger charge is -2.33. The number of nitrogens with two attached hydrogens (primary N) is 1. The molecule has 1 spiro atoms. The van der Waals surface area contributed by atoms with Gasteiger partial charge in [0.2, 0.25) is 0 Å². The number of nitrogens with zero attached hydrogens (tertiary/aromatic N) is 2. The molecule has 1 aromatic heterocycles. The van der Waals surface area contributed by atoms with Gasteiger partial charge >= 0.3 is 0 Å². The summed E-state index contributed by atoms with van der Waals surface area (Å²) in [6.07, 6.45) is 1.42. The third-order valence-corrected chi connectivity index (χ3v) is 5.45. The third-order valence-electron chi connectivity index (χ3n) is 5.23. The topological polar surface area (TPSA) is 108 Å². The third kappa shape index (κ3) is 3.21. The molecule has 0 saturated heterocycles. The second-order valence-corrected chi connectivity index (χ2v) is 7.53. The van der Waals surface area contributed by atoms with Gasteiger partial charge in [0.05, 0.1) is 12.1 Å². The monoisotopic (exact) mass is 436 g/mol. The van der Waals surface area contributed by atoms with E-state index in [1.54, 1.807) is 37.4 Å². The number of halogens is 1. The Balaban J connectivity index is 1.56. The molecule has 31 heavy (non-hydrogen) atoms. The van der Waals surface area contributed by atoms with Crippen LogP contribution in [0.3, 0.4) is 0 Å². The number of hydrogen-bond acceptors (Lipinski definition) is 7. The van der Waals surface area contributed by atoms with Gasteiger partial charge in [-0.15, -0.1) is 0 Å². The zero-order valence-electron chi connectivity index (χ0n) is 16.4. The van der Waals surface area contributed by atoms with E-state index < -0.39 is 5.54 Å². The van der Waals surface area contributed by atoms with E-state index >= 15 is 0 Å². The average molecular weight is 437 g/mol. The van der Waals surface area contributed by atoms with Crippen molar-refractivity contribution in [1.82, 2.24) is 4.98 Å². The zero-order valence-corrected chi connectivity index (χ0v) is 17.1. The van der Waals surface area contributed by atoms with Gasteiger partial charge in [0.25, 0.3) is 11.9 Å². The van der Waals surface area contributed by atoms with E-state index in [9.17, 15) is 4.79 Å². The zero-order chi connectivity index (χ0) is 21.6. The molecule has 0 bridgehead atoms. The van der Waals surface area contributed by atoms with Crippen LogP contribution in [0.2, 0.25) is 5.02 Å².